The Morgan fingerprint density at radius 2 is 1.87 bits per heavy atom. The minimum absolute atomic E-state index is 0.146. The monoisotopic (exact) mass is 440 g/mol. The highest BCUT2D eigenvalue weighted by Gasteiger charge is 2.42. The predicted octanol–water partition coefficient (Wildman–Crippen LogP) is 4.00. The molecule has 0 amide bonds. The summed E-state index contributed by atoms with van der Waals surface area (Å²) in [6, 6.07) is 1.87. The van der Waals surface area contributed by atoms with Crippen LogP contribution in [0.5, 0.6) is 0 Å². The average Bonchev–Trinajstić information content (AvgIpc) is 3.60. The van der Waals surface area contributed by atoms with Gasteiger partial charge in [-0.3, -0.25) is 9.12 Å². The highest BCUT2D eigenvalue weighted by molar-refractivity contribution is 7.93. The SMILES string of the molecule is CC1(OCc2cc3nnc(NS(=O)(=O)C4CC4)n3cc2C2CC2)CCC(F)(F)CC1. The molecule has 0 atom stereocenters. The summed E-state index contributed by atoms with van der Waals surface area (Å²) in [6.45, 7) is 2.22. The molecule has 2 aromatic heterocycles. The molecule has 30 heavy (non-hydrogen) atoms. The molecule has 0 bridgehead atoms. The molecule has 2 heterocycles. The van der Waals surface area contributed by atoms with Gasteiger partial charge in [-0.15, -0.1) is 10.2 Å². The van der Waals surface area contributed by atoms with E-state index in [4.69, 9.17) is 4.74 Å². The van der Waals surface area contributed by atoms with Crippen molar-refractivity contribution in [2.75, 3.05) is 4.72 Å². The molecule has 0 aliphatic heterocycles. The molecule has 2 aromatic rings. The molecule has 5 rings (SSSR count). The zero-order chi connectivity index (χ0) is 21.1. The third-order valence-electron chi connectivity index (χ3n) is 6.49. The second-order valence-corrected chi connectivity index (χ2v) is 11.2. The number of hydrogen-bond acceptors (Lipinski definition) is 5. The lowest BCUT2D eigenvalue weighted by Gasteiger charge is -2.37. The van der Waals surface area contributed by atoms with Crippen molar-refractivity contribution >= 4 is 21.6 Å². The molecular weight excluding hydrogens is 414 g/mol. The first-order chi connectivity index (χ1) is 14.1. The largest absolute Gasteiger partial charge is 0.371 e. The van der Waals surface area contributed by atoms with Gasteiger partial charge in [-0.05, 0) is 68.6 Å². The number of hydrogen-bond donors (Lipinski definition) is 1. The first kappa shape index (κ1) is 20.1. The van der Waals surface area contributed by atoms with E-state index in [0.717, 1.165) is 24.0 Å². The molecule has 164 valence electrons. The number of anilines is 1. The molecule has 0 spiro atoms. The number of aromatic nitrogens is 3. The number of halogens is 2. The van der Waals surface area contributed by atoms with Gasteiger partial charge in [-0.25, -0.2) is 17.2 Å². The van der Waals surface area contributed by atoms with Gasteiger partial charge in [-0.1, -0.05) is 0 Å². The third-order valence-corrected chi connectivity index (χ3v) is 8.31. The maximum atomic E-state index is 13.5. The first-order valence-corrected chi connectivity index (χ1v) is 12.1. The Hall–Kier alpha value is -1.81. The van der Waals surface area contributed by atoms with Crippen molar-refractivity contribution in [1.82, 2.24) is 14.6 Å². The predicted molar refractivity (Wildman–Crippen MR) is 107 cm³/mol. The van der Waals surface area contributed by atoms with Gasteiger partial charge in [0.05, 0.1) is 17.5 Å². The summed E-state index contributed by atoms with van der Waals surface area (Å²) < 4.78 is 62.0. The number of pyridine rings is 1. The number of fused-ring (bicyclic) bond motifs is 1. The van der Waals surface area contributed by atoms with E-state index in [-0.39, 0.29) is 24.0 Å². The topological polar surface area (TPSA) is 85.6 Å². The number of sulfonamides is 1. The number of nitrogens with one attached hydrogen (secondary N) is 1. The quantitative estimate of drug-likeness (QED) is 0.704. The van der Waals surface area contributed by atoms with Gasteiger partial charge in [0, 0.05) is 19.0 Å². The summed E-state index contributed by atoms with van der Waals surface area (Å²) in [4.78, 5) is 0. The fourth-order valence-corrected chi connectivity index (χ4v) is 5.39. The molecule has 0 unspecified atom stereocenters. The maximum absolute atomic E-state index is 13.5. The van der Waals surface area contributed by atoms with Crippen LogP contribution in [0.25, 0.3) is 5.65 Å². The normalized spacial score (nSPS) is 23.6. The summed E-state index contributed by atoms with van der Waals surface area (Å²) in [6.07, 6.45) is 5.74. The standard InChI is InChI=1S/C20H26F2N4O3S/c1-19(6-8-20(21,22)9-7-19)29-12-14-10-17-23-24-18(25-30(27,28)15-4-5-15)26(17)11-16(14)13-2-3-13/h10-11,13,15H,2-9,12H2,1H3,(H,24,25). The molecule has 1 N–H and O–H groups in total. The Morgan fingerprint density at radius 3 is 2.50 bits per heavy atom. The zero-order valence-corrected chi connectivity index (χ0v) is 17.7. The Morgan fingerprint density at radius 1 is 1.17 bits per heavy atom. The second-order valence-electron chi connectivity index (χ2n) is 9.22. The van der Waals surface area contributed by atoms with Crippen LogP contribution in [-0.2, 0) is 21.4 Å². The lowest BCUT2D eigenvalue weighted by atomic mass is 9.84. The Balaban J connectivity index is 1.38. The molecule has 3 aliphatic rings. The Bertz CT molecular complexity index is 1070. The molecule has 0 aromatic carbocycles. The van der Waals surface area contributed by atoms with Crippen LogP contribution in [-0.4, -0.2) is 39.8 Å². The van der Waals surface area contributed by atoms with Gasteiger partial charge in [0.2, 0.25) is 21.9 Å². The van der Waals surface area contributed by atoms with Gasteiger partial charge in [0.1, 0.15) is 0 Å². The van der Waals surface area contributed by atoms with Crippen LogP contribution in [0.4, 0.5) is 14.7 Å². The van der Waals surface area contributed by atoms with E-state index in [1.807, 2.05) is 19.2 Å². The van der Waals surface area contributed by atoms with Gasteiger partial charge < -0.3 is 4.74 Å². The molecule has 7 nitrogen and oxygen atoms in total. The lowest BCUT2D eigenvalue weighted by Crippen LogP contribution is -2.38. The van der Waals surface area contributed by atoms with Crippen molar-refractivity contribution in [2.45, 2.75) is 87.6 Å². The smallest absolute Gasteiger partial charge is 0.248 e. The van der Waals surface area contributed by atoms with Crippen LogP contribution in [0.2, 0.25) is 0 Å². The minimum Gasteiger partial charge on any atom is -0.371 e. The van der Waals surface area contributed by atoms with Crippen LogP contribution in [0.1, 0.15) is 75.3 Å². The van der Waals surface area contributed by atoms with Crippen molar-refractivity contribution in [3.8, 4) is 0 Å². The highest BCUT2D eigenvalue weighted by Crippen LogP contribution is 2.44. The minimum atomic E-state index is -3.43. The van der Waals surface area contributed by atoms with Crippen molar-refractivity contribution < 1.29 is 21.9 Å². The van der Waals surface area contributed by atoms with Gasteiger partial charge in [0.15, 0.2) is 5.65 Å². The van der Waals surface area contributed by atoms with Crippen LogP contribution in [0.15, 0.2) is 12.3 Å². The molecule has 0 saturated heterocycles. The summed E-state index contributed by atoms with van der Waals surface area (Å²) >= 11 is 0. The zero-order valence-electron chi connectivity index (χ0n) is 16.9. The van der Waals surface area contributed by atoms with E-state index in [1.54, 1.807) is 4.40 Å². The van der Waals surface area contributed by atoms with E-state index in [9.17, 15) is 17.2 Å². The van der Waals surface area contributed by atoms with E-state index < -0.39 is 21.5 Å². The highest BCUT2D eigenvalue weighted by atomic mass is 32.2. The van der Waals surface area contributed by atoms with Crippen LogP contribution < -0.4 is 4.72 Å². The summed E-state index contributed by atoms with van der Waals surface area (Å²) in [7, 11) is -3.43. The Kier molecular flexibility index (Phi) is 4.59. The van der Waals surface area contributed by atoms with Crippen molar-refractivity contribution in [2.24, 2.45) is 0 Å². The van der Waals surface area contributed by atoms with Crippen molar-refractivity contribution in [3.05, 3.63) is 23.4 Å². The lowest BCUT2D eigenvalue weighted by molar-refractivity contribution is -0.129. The van der Waals surface area contributed by atoms with Crippen LogP contribution in [0.3, 0.4) is 0 Å². The fraction of sp³-hybridized carbons (Fsp3) is 0.700. The van der Waals surface area contributed by atoms with E-state index in [0.29, 0.717) is 43.9 Å². The average molecular weight is 441 g/mol. The summed E-state index contributed by atoms with van der Waals surface area (Å²) in [5.74, 6) is -1.99. The summed E-state index contributed by atoms with van der Waals surface area (Å²) in [5, 5.41) is 7.81. The fourth-order valence-electron chi connectivity index (χ4n) is 4.08. The maximum Gasteiger partial charge on any atom is 0.248 e. The third kappa shape index (κ3) is 4.03. The van der Waals surface area contributed by atoms with Gasteiger partial charge in [-0.2, -0.15) is 0 Å². The molecular formula is C20H26F2N4O3S. The number of alkyl halides is 2. The molecule has 0 radical (unpaired) electrons. The molecule has 3 fully saturated rings. The molecule has 3 saturated carbocycles. The van der Waals surface area contributed by atoms with Gasteiger partial charge >= 0.3 is 0 Å². The van der Waals surface area contributed by atoms with Crippen molar-refractivity contribution in [3.63, 3.8) is 0 Å². The van der Waals surface area contributed by atoms with Crippen LogP contribution in [0, 0.1) is 0 Å². The number of rotatable bonds is 7. The van der Waals surface area contributed by atoms with Crippen LogP contribution >= 0.6 is 0 Å². The first-order valence-electron chi connectivity index (χ1n) is 10.6. The second kappa shape index (κ2) is 6.85. The van der Waals surface area contributed by atoms with Crippen molar-refractivity contribution in [1.29, 1.82) is 0 Å². The number of nitrogens with zero attached hydrogens (tertiary/aromatic N) is 3. The summed E-state index contributed by atoms with van der Waals surface area (Å²) in [5.41, 5.74) is 2.02. The van der Waals surface area contributed by atoms with E-state index in [2.05, 4.69) is 14.9 Å². The molecule has 3 aliphatic carbocycles. The Labute approximate surface area is 174 Å². The van der Waals surface area contributed by atoms with E-state index >= 15 is 0 Å². The number of ether oxygens (including phenoxy) is 1. The molecule has 10 heteroatoms. The van der Waals surface area contributed by atoms with Gasteiger partial charge in [0.25, 0.3) is 0 Å². The van der Waals surface area contributed by atoms with E-state index in [1.165, 1.54) is 0 Å².